The van der Waals surface area contributed by atoms with Crippen molar-refractivity contribution in [2.75, 3.05) is 19.6 Å². The third kappa shape index (κ3) is 3.73. The lowest BCUT2D eigenvalue weighted by Crippen LogP contribution is -2.45. The van der Waals surface area contributed by atoms with Gasteiger partial charge in [0.05, 0.1) is 22.6 Å². The molecule has 1 atom stereocenters. The maximum Gasteiger partial charge on any atom is 0.0972 e. The van der Waals surface area contributed by atoms with Gasteiger partial charge in [-0.3, -0.25) is 9.88 Å². The second-order valence-corrected chi connectivity index (χ2v) is 7.07. The normalized spacial score (nSPS) is 18.2. The summed E-state index contributed by atoms with van der Waals surface area (Å²) in [5.74, 6) is 0. The van der Waals surface area contributed by atoms with Crippen LogP contribution in [-0.4, -0.2) is 44.5 Å². The summed E-state index contributed by atoms with van der Waals surface area (Å²) < 4.78 is 1.69. The van der Waals surface area contributed by atoms with Gasteiger partial charge in [0.1, 0.15) is 0 Å². The fourth-order valence-electron chi connectivity index (χ4n) is 3.20. The van der Waals surface area contributed by atoms with E-state index in [2.05, 4.69) is 31.6 Å². The molecule has 3 heterocycles. The molecule has 1 saturated heterocycles. The fourth-order valence-corrected chi connectivity index (χ4v) is 3.70. The van der Waals surface area contributed by atoms with Crippen molar-refractivity contribution < 1.29 is 0 Å². The number of aromatic nitrogens is 4. The Labute approximate surface area is 161 Å². The molecular weight excluding hydrogens is 371 g/mol. The van der Waals surface area contributed by atoms with Crippen LogP contribution in [0.15, 0.2) is 48.9 Å². The smallest absolute Gasteiger partial charge is 0.0972 e. The second kappa shape index (κ2) is 7.72. The molecular formula is C18H18Cl2N6. The van der Waals surface area contributed by atoms with E-state index in [1.54, 1.807) is 23.0 Å². The van der Waals surface area contributed by atoms with Crippen LogP contribution in [0.1, 0.15) is 17.3 Å². The molecule has 0 bridgehead atoms. The van der Waals surface area contributed by atoms with E-state index in [0.29, 0.717) is 16.6 Å². The number of rotatable bonds is 4. The molecule has 0 aliphatic carbocycles. The van der Waals surface area contributed by atoms with Gasteiger partial charge in [0.15, 0.2) is 0 Å². The number of benzene rings is 1. The number of pyridine rings is 1. The van der Waals surface area contributed by atoms with Crippen molar-refractivity contribution >= 4 is 23.2 Å². The number of hydrogen-bond acceptors (Lipinski definition) is 5. The van der Waals surface area contributed by atoms with Gasteiger partial charge in [-0.15, -0.1) is 5.10 Å². The summed E-state index contributed by atoms with van der Waals surface area (Å²) in [5.41, 5.74) is 2.86. The van der Waals surface area contributed by atoms with Crippen molar-refractivity contribution in [1.29, 1.82) is 0 Å². The second-order valence-electron chi connectivity index (χ2n) is 6.23. The lowest BCUT2D eigenvalue weighted by Gasteiger charge is -2.35. The molecule has 1 unspecified atom stereocenters. The zero-order valence-corrected chi connectivity index (χ0v) is 15.5. The van der Waals surface area contributed by atoms with Crippen molar-refractivity contribution in [2.24, 2.45) is 0 Å². The van der Waals surface area contributed by atoms with Crippen molar-refractivity contribution in [3.63, 3.8) is 0 Å². The van der Waals surface area contributed by atoms with Crippen LogP contribution in [0.4, 0.5) is 0 Å². The third-order valence-corrected chi connectivity index (χ3v) is 5.02. The highest BCUT2D eigenvalue weighted by molar-refractivity contribution is 6.35. The standard InChI is InChI=1S/C18H18Cl2N6/c19-14-3-4-17(16(20)8-14)26-12-15(23-24-26)11-25-7-6-22-10-18(25)13-2-1-5-21-9-13/h1-5,8-9,12,18,22H,6-7,10-11H2. The molecule has 6 nitrogen and oxygen atoms in total. The predicted molar refractivity (Wildman–Crippen MR) is 102 cm³/mol. The first-order valence-electron chi connectivity index (χ1n) is 8.42. The van der Waals surface area contributed by atoms with Gasteiger partial charge in [0.2, 0.25) is 0 Å². The Balaban J connectivity index is 1.54. The first-order valence-corrected chi connectivity index (χ1v) is 9.17. The van der Waals surface area contributed by atoms with Gasteiger partial charge in [-0.25, -0.2) is 4.68 Å². The van der Waals surface area contributed by atoms with E-state index in [0.717, 1.165) is 31.0 Å². The zero-order chi connectivity index (χ0) is 17.9. The van der Waals surface area contributed by atoms with Gasteiger partial charge in [0.25, 0.3) is 0 Å². The minimum absolute atomic E-state index is 0.265. The minimum Gasteiger partial charge on any atom is -0.314 e. The zero-order valence-electron chi connectivity index (χ0n) is 14.0. The molecule has 0 saturated carbocycles. The molecule has 134 valence electrons. The molecule has 8 heteroatoms. The molecule has 1 aromatic carbocycles. The molecule has 3 aromatic rings. The fraction of sp³-hybridized carbons (Fsp3) is 0.278. The maximum absolute atomic E-state index is 6.27. The van der Waals surface area contributed by atoms with E-state index in [4.69, 9.17) is 23.2 Å². The third-order valence-electron chi connectivity index (χ3n) is 4.49. The van der Waals surface area contributed by atoms with Gasteiger partial charge >= 0.3 is 0 Å². The highest BCUT2D eigenvalue weighted by Crippen LogP contribution is 2.25. The Morgan fingerprint density at radius 3 is 2.96 bits per heavy atom. The number of piperazine rings is 1. The lowest BCUT2D eigenvalue weighted by molar-refractivity contribution is 0.151. The summed E-state index contributed by atoms with van der Waals surface area (Å²) in [4.78, 5) is 6.64. The highest BCUT2D eigenvalue weighted by atomic mass is 35.5. The molecule has 4 rings (SSSR count). The number of hydrogen-bond donors (Lipinski definition) is 1. The summed E-state index contributed by atoms with van der Waals surface area (Å²) in [7, 11) is 0. The van der Waals surface area contributed by atoms with Gasteiger partial charge in [-0.1, -0.05) is 34.5 Å². The van der Waals surface area contributed by atoms with Gasteiger partial charge in [0, 0.05) is 49.6 Å². The van der Waals surface area contributed by atoms with E-state index >= 15 is 0 Å². The summed E-state index contributed by atoms with van der Waals surface area (Å²) >= 11 is 12.2. The van der Waals surface area contributed by atoms with E-state index in [-0.39, 0.29) is 6.04 Å². The van der Waals surface area contributed by atoms with E-state index in [1.807, 2.05) is 24.5 Å². The predicted octanol–water partition coefficient (Wildman–Crippen LogP) is 3.12. The van der Waals surface area contributed by atoms with Crippen molar-refractivity contribution in [3.05, 3.63) is 70.2 Å². The average Bonchev–Trinajstić information content (AvgIpc) is 3.11. The molecule has 26 heavy (non-hydrogen) atoms. The van der Waals surface area contributed by atoms with Gasteiger partial charge in [-0.05, 0) is 29.8 Å². The largest absolute Gasteiger partial charge is 0.314 e. The highest BCUT2D eigenvalue weighted by Gasteiger charge is 2.24. The Morgan fingerprint density at radius 1 is 1.23 bits per heavy atom. The van der Waals surface area contributed by atoms with Crippen LogP contribution in [0.25, 0.3) is 5.69 Å². The molecule has 1 aliphatic heterocycles. The Bertz CT molecular complexity index is 882. The Morgan fingerprint density at radius 2 is 2.15 bits per heavy atom. The molecule has 0 amide bonds. The molecule has 1 fully saturated rings. The molecule has 0 radical (unpaired) electrons. The van der Waals surface area contributed by atoms with E-state index in [9.17, 15) is 0 Å². The first kappa shape index (κ1) is 17.4. The van der Waals surface area contributed by atoms with Crippen LogP contribution in [0.2, 0.25) is 10.0 Å². The van der Waals surface area contributed by atoms with Crippen LogP contribution in [0.5, 0.6) is 0 Å². The van der Waals surface area contributed by atoms with E-state index < -0.39 is 0 Å². The number of nitrogens with zero attached hydrogens (tertiary/aromatic N) is 5. The van der Waals surface area contributed by atoms with Crippen LogP contribution in [0.3, 0.4) is 0 Å². The molecule has 1 aliphatic rings. The summed E-state index contributed by atoms with van der Waals surface area (Å²) in [5, 5.41) is 13.1. The monoisotopic (exact) mass is 388 g/mol. The topological polar surface area (TPSA) is 58.9 Å². The summed E-state index contributed by atoms with van der Waals surface area (Å²) in [6, 6.07) is 9.68. The summed E-state index contributed by atoms with van der Waals surface area (Å²) in [6.07, 6.45) is 5.64. The van der Waals surface area contributed by atoms with Crippen molar-refractivity contribution in [2.45, 2.75) is 12.6 Å². The molecule has 1 N–H and O–H groups in total. The maximum atomic E-state index is 6.27. The number of halogens is 2. The molecule has 2 aromatic heterocycles. The van der Waals surface area contributed by atoms with Crippen LogP contribution >= 0.6 is 23.2 Å². The minimum atomic E-state index is 0.265. The SMILES string of the molecule is Clc1ccc(-n2cc(CN3CCNCC3c3cccnc3)nn2)c(Cl)c1. The van der Waals surface area contributed by atoms with Crippen LogP contribution in [0, 0.1) is 0 Å². The van der Waals surface area contributed by atoms with Crippen molar-refractivity contribution in [1.82, 2.24) is 30.2 Å². The number of nitrogens with one attached hydrogen (secondary N) is 1. The first-order chi connectivity index (χ1) is 12.7. The van der Waals surface area contributed by atoms with Gasteiger partial charge in [-0.2, -0.15) is 0 Å². The average molecular weight is 389 g/mol. The Kier molecular flexibility index (Phi) is 5.17. The Hall–Kier alpha value is -1.99. The quantitative estimate of drug-likeness (QED) is 0.743. The summed E-state index contributed by atoms with van der Waals surface area (Å²) in [6.45, 7) is 3.50. The van der Waals surface area contributed by atoms with Crippen LogP contribution < -0.4 is 5.32 Å². The van der Waals surface area contributed by atoms with Crippen molar-refractivity contribution in [3.8, 4) is 5.69 Å². The lowest BCUT2D eigenvalue weighted by atomic mass is 10.1. The van der Waals surface area contributed by atoms with E-state index in [1.165, 1.54) is 5.56 Å². The van der Waals surface area contributed by atoms with Crippen LogP contribution in [-0.2, 0) is 6.54 Å². The molecule has 0 spiro atoms. The van der Waals surface area contributed by atoms with Gasteiger partial charge < -0.3 is 5.32 Å².